The van der Waals surface area contributed by atoms with E-state index in [1.54, 1.807) is 0 Å². The van der Waals surface area contributed by atoms with Crippen LogP contribution < -0.4 is 5.73 Å². The van der Waals surface area contributed by atoms with E-state index in [0.717, 1.165) is 34.1 Å². The van der Waals surface area contributed by atoms with E-state index in [1.807, 2.05) is 55.5 Å². The van der Waals surface area contributed by atoms with Gasteiger partial charge in [-0.2, -0.15) is 0 Å². The maximum Gasteiger partial charge on any atom is 0.225 e. The van der Waals surface area contributed by atoms with E-state index < -0.39 is 0 Å². The molecule has 0 saturated carbocycles. The number of aromatic nitrogens is 2. The molecule has 4 rings (SSSR count). The molecule has 0 saturated heterocycles. The molecular weight excluding hydrogens is 286 g/mol. The number of H-pyrrole nitrogens is 2. The Bertz CT molecular complexity index is 985. The number of rotatable bonds is 2. The second-order valence-electron chi connectivity index (χ2n) is 5.89. The normalized spacial score (nSPS) is 13.7. The van der Waals surface area contributed by atoms with Crippen LogP contribution in [0, 0.1) is 6.92 Å². The van der Waals surface area contributed by atoms with Crippen molar-refractivity contribution in [3.63, 3.8) is 0 Å². The Balaban J connectivity index is 1.77. The lowest BCUT2D eigenvalue weighted by atomic mass is 10.1. The molecule has 0 aliphatic heterocycles. The summed E-state index contributed by atoms with van der Waals surface area (Å²) < 4.78 is 0. The smallest absolute Gasteiger partial charge is 0.225 e. The first-order valence-electron chi connectivity index (χ1n) is 7.61. The molecule has 4 N–H and O–H groups in total. The minimum absolute atomic E-state index is 0.0505. The lowest BCUT2D eigenvalue weighted by Crippen LogP contribution is -2.03. The van der Waals surface area contributed by atoms with Crippen LogP contribution in [0.4, 0.5) is 0 Å². The van der Waals surface area contributed by atoms with Gasteiger partial charge in [0.2, 0.25) is 5.78 Å². The highest BCUT2D eigenvalue weighted by Crippen LogP contribution is 2.24. The van der Waals surface area contributed by atoms with Crippen LogP contribution in [0.5, 0.6) is 0 Å². The number of carbonyl (C=O) groups excluding carboxylic acids is 1. The van der Waals surface area contributed by atoms with Crippen LogP contribution in [-0.2, 0) is 6.42 Å². The summed E-state index contributed by atoms with van der Waals surface area (Å²) in [6, 6.07) is 9.81. The SMILES string of the molecule is Cc1cccc2[nH]c(C(=O)c3cc4c([nH]3)C(N)=CC=CC4)cc12. The molecule has 0 fully saturated rings. The minimum atomic E-state index is -0.0505. The number of ketones is 1. The Morgan fingerprint density at radius 2 is 2.00 bits per heavy atom. The second-order valence-corrected chi connectivity index (χ2v) is 5.89. The number of fused-ring (bicyclic) bond motifs is 2. The Morgan fingerprint density at radius 1 is 1.17 bits per heavy atom. The van der Waals surface area contributed by atoms with E-state index in [2.05, 4.69) is 9.97 Å². The summed E-state index contributed by atoms with van der Waals surface area (Å²) in [5.74, 6) is -0.0505. The number of allylic oxidation sites excluding steroid dienone is 3. The largest absolute Gasteiger partial charge is 0.397 e. The topological polar surface area (TPSA) is 74.7 Å². The Kier molecular flexibility index (Phi) is 2.98. The molecule has 0 radical (unpaired) electrons. The highest BCUT2D eigenvalue weighted by atomic mass is 16.1. The van der Waals surface area contributed by atoms with Crippen LogP contribution in [0.15, 0.2) is 48.6 Å². The fourth-order valence-electron chi connectivity index (χ4n) is 3.06. The zero-order valence-corrected chi connectivity index (χ0v) is 12.8. The molecule has 0 amide bonds. The molecule has 0 bridgehead atoms. The lowest BCUT2D eigenvalue weighted by Gasteiger charge is -1.98. The standard InChI is InChI=1S/C19H17N3O/c1-11-5-4-8-15-13(11)10-17(21-15)19(23)16-9-12-6-2-3-7-14(20)18(12)22-16/h2-5,7-10,21-22H,6,20H2,1H3. The zero-order valence-electron chi connectivity index (χ0n) is 12.8. The van der Waals surface area contributed by atoms with Gasteiger partial charge in [-0.15, -0.1) is 0 Å². The van der Waals surface area contributed by atoms with Crippen LogP contribution in [0.2, 0.25) is 0 Å². The summed E-state index contributed by atoms with van der Waals surface area (Å²) in [5.41, 5.74) is 11.8. The van der Waals surface area contributed by atoms with Gasteiger partial charge in [-0.05, 0) is 48.7 Å². The number of aromatic amines is 2. The summed E-state index contributed by atoms with van der Waals surface area (Å²) >= 11 is 0. The van der Waals surface area contributed by atoms with E-state index in [9.17, 15) is 4.79 Å². The highest BCUT2D eigenvalue weighted by Gasteiger charge is 2.18. The monoisotopic (exact) mass is 303 g/mol. The van der Waals surface area contributed by atoms with E-state index in [1.165, 1.54) is 0 Å². The summed E-state index contributed by atoms with van der Waals surface area (Å²) in [6.07, 6.45) is 6.59. The zero-order chi connectivity index (χ0) is 16.0. The summed E-state index contributed by atoms with van der Waals surface area (Å²) in [4.78, 5) is 19.2. The van der Waals surface area contributed by atoms with Crippen molar-refractivity contribution in [3.8, 4) is 0 Å². The van der Waals surface area contributed by atoms with E-state index in [4.69, 9.17) is 5.73 Å². The number of aryl methyl sites for hydroxylation is 1. The van der Waals surface area contributed by atoms with Gasteiger partial charge in [0, 0.05) is 10.9 Å². The number of nitrogens with one attached hydrogen (secondary N) is 2. The molecule has 1 aromatic carbocycles. The van der Waals surface area contributed by atoms with Crippen molar-refractivity contribution in [3.05, 3.63) is 76.8 Å². The van der Waals surface area contributed by atoms with E-state index >= 15 is 0 Å². The average Bonchev–Trinajstić information content (AvgIpc) is 3.12. The Hall–Kier alpha value is -3.01. The Morgan fingerprint density at radius 3 is 2.83 bits per heavy atom. The van der Waals surface area contributed by atoms with Crippen LogP contribution in [-0.4, -0.2) is 15.8 Å². The number of carbonyl (C=O) groups is 1. The average molecular weight is 303 g/mol. The van der Waals surface area contributed by atoms with Crippen molar-refractivity contribution in [1.29, 1.82) is 0 Å². The molecule has 0 unspecified atom stereocenters. The van der Waals surface area contributed by atoms with Crippen LogP contribution in [0.1, 0.15) is 33.0 Å². The van der Waals surface area contributed by atoms with Gasteiger partial charge in [0.15, 0.2) is 0 Å². The molecule has 0 spiro atoms. The van der Waals surface area contributed by atoms with Crippen molar-refractivity contribution < 1.29 is 4.79 Å². The van der Waals surface area contributed by atoms with Gasteiger partial charge in [-0.25, -0.2) is 0 Å². The molecule has 4 nitrogen and oxygen atoms in total. The second kappa shape index (κ2) is 5.02. The molecule has 1 aliphatic carbocycles. The molecule has 2 heterocycles. The maximum atomic E-state index is 12.8. The van der Waals surface area contributed by atoms with Crippen LogP contribution in [0.3, 0.4) is 0 Å². The third kappa shape index (κ3) is 2.19. The van der Waals surface area contributed by atoms with Gasteiger partial charge in [-0.3, -0.25) is 4.79 Å². The molecular formula is C19H17N3O. The summed E-state index contributed by atoms with van der Waals surface area (Å²) in [5, 5.41) is 1.08. The Labute approximate surface area is 133 Å². The first-order chi connectivity index (χ1) is 11.1. The fourth-order valence-corrected chi connectivity index (χ4v) is 3.06. The van der Waals surface area contributed by atoms with Crippen molar-refractivity contribution in [1.82, 2.24) is 9.97 Å². The lowest BCUT2D eigenvalue weighted by molar-refractivity contribution is 0.103. The molecule has 3 aromatic rings. The summed E-state index contributed by atoms with van der Waals surface area (Å²) in [7, 11) is 0. The predicted octanol–water partition coefficient (Wildman–Crippen LogP) is 3.45. The van der Waals surface area contributed by atoms with Gasteiger partial charge in [0.05, 0.1) is 22.8 Å². The minimum Gasteiger partial charge on any atom is -0.397 e. The number of hydrogen-bond acceptors (Lipinski definition) is 2. The van der Waals surface area contributed by atoms with Crippen molar-refractivity contribution in [2.75, 3.05) is 0 Å². The number of benzene rings is 1. The molecule has 1 aliphatic rings. The molecule has 0 atom stereocenters. The van der Waals surface area contributed by atoms with E-state index in [0.29, 0.717) is 17.1 Å². The van der Waals surface area contributed by atoms with Crippen molar-refractivity contribution >= 4 is 22.4 Å². The number of hydrogen-bond donors (Lipinski definition) is 3. The molecule has 2 aromatic heterocycles. The molecule has 4 heteroatoms. The van der Waals surface area contributed by atoms with Crippen molar-refractivity contribution in [2.45, 2.75) is 13.3 Å². The number of nitrogens with two attached hydrogens (primary N) is 1. The van der Waals surface area contributed by atoms with Gasteiger partial charge in [0.1, 0.15) is 0 Å². The molecule has 23 heavy (non-hydrogen) atoms. The first kappa shape index (κ1) is 13.6. The maximum absolute atomic E-state index is 12.8. The van der Waals surface area contributed by atoms with Gasteiger partial charge < -0.3 is 15.7 Å². The summed E-state index contributed by atoms with van der Waals surface area (Å²) in [6.45, 7) is 2.04. The first-order valence-corrected chi connectivity index (χ1v) is 7.61. The highest BCUT2D eigenvalue weighted by molar-refractivity contribution is 6.09. The van der Waals surface area contributed by atoms with Crippen molar-refractivity contribution in [2.24, 2.45) is 5.73 Å². The van der Waals surface area contributed by atoms with E-state index in [-0.39, 0.29) is 5.78 Å². The van der Waals surface area contributed by atoms with Crippen LogP contribution >= 0.6 is 0 Å². The third-order valence-electron chi connectivity index (χ3n) is 4.31. The third-order valence-corrected chi connectivity index (χ3v) is 4.31. The quantitative estimate of drug-likeness (QED) is 0.634. The predicted molar refractivity (Wildman–Crippen MR) is 92.3 cm³/mol. The fraction of sp³-hybridized carbons (Fsp3) is 0.105. The van der Waals surface area contributed by atoms with Gasteiger partial charge in [0.25, 0.3) is 0 Å². The van der Waals surface area contributed by atoms with Gasteiger partial charge in [-0.1, -0.05) is 24.3 Å². The van der Waals surface area contributed by atoms with Crippen LogP contribution in [0.25, 0.3) is 16.6 Å². The van der Waals surface area contributed by atoms with Gasteiger partial charge >= 0.3 is 0 Å². The molecule has 114 valence electrons.